The molecule has 3 aliphatic heterocycles. The SMILES string of the molecule is C.CCc1ccccc1.COC(=O)[C@@H]1CCC(C)=N1.COC(=O)[C@@H]1CCc2nccc(=O)n21.O=C1N[C@@H]2[C@H]1[C@H]1C=C[C@@H]2C1. The molecule has 0 unspecified atom stereocenters. The lowest BCUT2D eigenvalue weighted by molar-refractivity contribution is -0.144. The van der Waals surface area contributed by atoms with E-state index in [-0.39, 0.29) is 36.9 Å². The van der Waals surface area contributed by atoms with Crippen molar-refractivity contribution in [3.63, 3.8) is 0 Å². The molecule has 2 aliphatic carbocycles. The molecule has 10 nitrogen and oxygen atoms in total. The largest absolute Gasteiger partial charge is 0.467 e. The fraction of sp³-hybridized carbons (Fsp3) is 0.515. The number of nitrogens with zero attached hydrogens (tertiary/aromatic N) is 3. The van der Waals surface area contributed by atoms with Gasteiger partial charge in [-0.1, -0.05) is 56.8 Å². The van der Waals surface area contributed by atoms with Crippen molar-refractivity contribution in [3.8, 4) is 0 Å². The molecule has 43 heavy (non-hydrogen) atoms. The van der Waals surface area contributed by atoms with Crippen molar-refractivity contribution in [3.05, 3.63) is 76.5 Å². The van der Waals surface area contributed by atoms with Crippen LogP contribution in [0.1, 0.15) is 64.4 Å². The number of aromatic nitrogens is 2. The van der Waals surface area contributed by atoms with Gasteiger partial charge in [0.25, 0.3) is 5.56 Å². The van der Waals surface area contributed by atoms with Crippen LogP contribution in [0.4, 0.5) is 0 Å². The van der Waals surface area contributed by atoms with E-state index in [0.717, 1.165) is 25.0 Å². The first-order valence-corrected chi connectivity index (χ1v) is 14.5. The fourth-order valence-electron chi connectivity index (χ4n) is 6.03. The predicted molar refractivity (Wildman–Crippen MR) is 165 cm³/mol. The minimum Gasteiger partial charge on any atom is -0.467 e. The van der Waals surface area contributed by atoms with Gasteiger partial charge >= 0.3 is 11.9 Å². The van der Waals surface area contributed by atoms with Crippen molar-refractivity contribution in [1.82, 2.24) is 14.9 Å². The van der Waals surface area contributed by atoms with Gasteiger partial charge in [0.15, 0.2) is 0 Å². The standard InChI is InChI=1S/C9H10N2O3.C8H9NO.C8H10.C7H11NO2.CH4/c1-14-9(13)6-2-3-7-10-5-4-8(12)11(6)7;10-8-6-4-1-2-5(3-4)7(6)9-8;1-2-8-6-4-3-5-7-8;1-5-3-4-6(8-5)7(9)10-2;/h4-6H,2-3H2,1H3;1-2,4-7H,3H2,(H,9,10);3-7H,2H2,1H3;6H,3-4H2,1-2H3;1H4/t6-;4-,5+,6+,7-;;6-;/m00.0./s1. The molecular weight excluding hydrogens is 548 g/mol. The van der Waals surface area contributed by atoms with Gasteiger partial charge in [-0.25, -0.2) is 14.6 Å². The zero-order valence-electron chi connectivity index (χ0n) is 24.7. The van der Waals surface area contributed by atoms with Crippen LogP contribution in [0.15, 0.2) is 64.5 Å². The molecule has 4 heterocycles. The Morgan fingerprint density at radius 2 is 1.67 bits per heavy atom. The summed E-state index contributed by atoms with van der Waals surface area (Å²) in [5.41, 5.74) is 2.27. The smallest absolute Gasteiger partial charge is 0.330 e. The molecule has 7 rings (SSSR count). The molecule has 1 amide bonds. The maximum absolute atomic E-state index is 11.5. The Balaban J connectivity index is 0.000000159. The number of carbonyl (C=O) groups is 3. The lowest BCUT2D eigenvalue weighted by Gasteiger charge is -2.37. The van der Waals surface area contributed by atoms with Crippen molar-refractivity contribution in [2.45, 2.75) is 77.9 Å². The number of fused-ring (bicyclic) bond motifs is 6. The second kappa shape index (κ2) is 15.4. The van der Waals surface area contributed by atoms with Crippen LogP contribution in [0.3, 0.4) is 0 Å². The lowest BCUT2D eigenvalue weighted by Crippen LogP contribution is -2.59. The monoisotopic (exact) mass is 592 g/mol. The van der Waals surface area contributed by atoms with Gasteiger partial charge in [0.1, 0.15) is 17.9 Å². The Labute approximate surface area is 253 Å². The first-order valence-electron chi connectivity index (χ1n) is 14.5. The summed E-state index contributed by atoms with van der Waals surface area (Å²) >= 11 is 0. The number of ether oxygens (including phenoxy) is 2. The first kappa shape index (κ1) is 33.4. The quantitative estimate of drug-likeness (QED) is 0.325. The molecule has 1 aromatic heterocycles. The number of aliphatic imine (C=N–C) groups is 1. The molecule has 0 radical (unpaired) electrons. The van der Waals surface area contributed by atoms with Gasteiger partial charge in [-0.3, -0.25) is 19.1 Å². The predicted octanol–water partition coefficient (Wildman–Crippen LogP) is 3.88. The Morgan fingerprint density at radius 1 is 0.977 bits per heavy atom. The summed E-state index contributed by atoms with van der Waals surface area (Å²) in [6.45, 7) is 4.10. The molecular formula is C33H44N4O6. The second-order valence-corrected chi connectivity index (χ2v) is 10.9. The highest BCUT2D eigenvalue weighted by molar-refractivity contribution is 5.89. The van der Waals surface area contributed by atoms with E-state index in [9.17, 15) is 19.2 Å². The molecule has 2 fully saturated rings. The highest BCUT2D eigenvalue weighted by Crippen LogP contribution is 2.47. The van der Waals surface area contributed by atoms with Crippen LogP contribution < -0.4 is 10.9 Å². The summed E-state index contributed by atoms with van der Waals surface area (Å²) in [7, 11) is 2.72. The molecule has 1 N–H and O–H groups in total. The summed E-state index contributed by atoms with van der Waals surface area (Å²) in [6, 6.07) is 11.6. The normalized spacial score (nSPS) is 26.1. The third-order valence-electron chi connectivity index (χ3n) is 8.33. The number of allylic oxidation sites excluding steroid dienone is 1. The second-order valence-electron chi connectivity index (χ2n) is 10.9. The molecule has 1 saturated heterocycles. The van der Waals surface area contributed by atoms with E-state index in [1.54, 1.807) is 0 Å². The van der Waals surface area contributed by atoms with E-state index < -0.39 is 6.04 Å². The number of carbonyl (C=O) groups excluding carboxylic acids is 3. The fourth-order valence-corrected chi connectivity index (χ4v) is 6.03. The van der Waals surface area contributed by atoms with Crippen molar-refractivity contribution < 1.29 is 23.9 Å². The number of hydrogen-bond donors (Lipinski definition) is 1. The average molecular weight is 593 g/mol. The van der Waals surface area contributed by atoms with Crippen LogP contribution in [-0.4, -0.2) is 59.4 Å². The van der Waals surface area contributed by atoms with E-state index >= 15 is 0 Å². The summed E-state index contributed by atoms with van der Waals surface area (Å²) in [6.07, 6.45) is 11.3. The van der Waals surface area contributed by atoms with Gasteiger partial charge in [-0.05, 0) is 56.4 Å². The maximum atomic E-state index is 11.5. The number of esters is 2. The molecule has 1 aromatic carbocycles. The Hall–Kier alpha value is -4.08. The van der Waals surface area contributed by atoms with Crippen LogP contribution in [0.2, 0.25) is 0 Å². The van der Waals surface area contributed by atoms with Gasteiger partial charge < -0.3 is 14.8 Å². The van der Waals surface area contributed by atoms with E-state index in [0.29, 0.717) is 42.5 Å². The highest BCUT2D eigenvalue weighted by atomic mass is 16.5. The van der Waals surface area contributed by atoms with Gasteiger partial charge in [-0.15, -0.1) is 0 Å². The number of benzene rings is 1. The summed E-state index contributed by atoms with van der Waals surface area (Å²) in [5, 5.41) is 2.95. The Kier molecular flexibility index (Phi) is 12.0. The third kappa shape index (κ3) is 7.86. The molecule has 0 spiro atoms. The van der Waals surface area contributed by atoms with Gasteiger partial charge in [-0.2, -0.15) is 0 Å². The van der Waals surface area contributed by atoms with Crippen molar-refractivity contribution in [1.29, 1.82) is 0 Å². The van der Waals surface area contributed by atoms with Gasteiger partial charge in [0, 0.05) is 30.4 Å². The highest BCUT2D eigenvalue weighted by Gasteiger charge is 2.55. The Morgan fingerprint density at radius 3 is 2.21 bits per heavy atom. The number of methoxy groups -OCH3 is 2. The van der Waals surface area contributed by atoms with Crippen LogP contribution in [0.5, 0.6) is 0 Å². The lowest BCUT2D eigenvalue weighted by atomic mass is 9.82. The number of hydrogen-bond acceptors (Lipinski definition) is 8. The molecule has 2 aromatic rings. The molecule has 5 aliphatic rings. The molecule has 6 atom stereocenters. The van der Waals surface area contributed by atoms with Crippen molar-refractivity contribution >= 4 is 23.6 Å². The third-order valence-corrected chi connectivity index (χ3v) is 8.33. The minimum absolute atomic E-state index is 0. The van der Waals surface area contributed by atoms with Crippen LogP contribution in [-0.2, 0) is 36.7 Å². The topological polar surface area (TPSA) is 129 Å². The molecule has 1 saturated carbocycles. The Bertz CT molecular complexity index is 1390. The number of rotatable bonds is 3. The van der Waals surface area contributed by atoms with Crippen LogP contribution in [0, 0.1) is 17.8 Å². The van der Waals surface area contributed by atoms with Crippen molar-refractivity contribution in [2.24, 2.45) is 22.7 Å². The van der Waals surface area contributed by atoms with Crippen LogP contribution in [0.25, 0.3) is 0 Å². The maximum Gasteiger partial charge on any atom is 0.330 e. The molecule has 10 heteroatoms. The number of β-lactam (4-membered cyclic amide) rings is 1. The number of nitrogens with one attached hydrogen (secondary N) is 1. The zero-order chi connectivity index (χ0) is 30.2. The first-order chi connectivity index (χ1) is 20.3. The van der Waals surface area contributed by atoms with Crippen molar-refractivity contribution in [2.75, 3.05) is 14.2 Å². The minimum atomic E-state index is -0.490. The zero-order valence-corrected chi connectivity index (χ0v) is 24.7. The summed E-state index contributed by atoms with van der Waals surface area (Å²) < 4.78 is 10.6. The van der Waals surface area contributed by atoms with Gasteiger partial charge in [0.2, 0.25) is 5.91 Å². The van der Waals surface area contributed by atoms with Gasteiger partial charge in [0.05, 0.1) is 20.1 Å². The molecule has 2 bridgehead atoms. The van der Waals surface area contributed by atoms with E-state index in [4.69, 9.17) is 0 Å². The molecule has 232 valence electrons. The number of amides is 1. The average Bonchev–Trinajstić information content (AvgIpc) is 3.81. The summed E-state index contributed by atoms with van der Waals surface area (Å²) in [4.78, 5) is 52.7. The number of aryl methyl sites for hydroxylation is 2. The van der Waals surface area contributed by atoms with E-state index in [1.807, 2.05) is 13.0 Å². The van der Waals surface area contributed by atoms with E-state index in [2.05, 4.69) is 68.1 Å². The summed E-state index contributed by atoms with van der Waals surface area (Å²) in [5.74, 6) is 1.97. The van der Waals surface area contributed by atoms with Crippen LogP contribution >= 0.6 is 0 Å². The van der Waals surface area contributed by atoms with E-state index in [1.165, 1.54) is 43.0 Å².